The topological polar surface area (TPSA) is 48.3 Å². The first-order chi connectivity index (χ1) is 9.26. The van der Waals surface area contributed by atoms with Gasteiger partial charge in [0.25, 0.3) is 0 Å². The Balaban J connectivity index is 2.04. The van der Waals surface area contributed by atoms with Crippen molar-refractivity contribution in [3.63, 3.8) is 0 Å². The van der Waals surface area contributed by atoms with Gasteiger partial charge in [-0.1, -0.05) is 6.92 Å². The number of ether oxygens (including phenoxy) is 1. The molecule has 0 atom stereocenters. The van der Waals surface area contributed by atoms with Crippen molar-refractivity contribution in [2.45, 2.75) is 25.8 Å². The van der Waals surface area contributed by atoms with Crippen LogP contribution in [-0.4, -0.2) is 37.7 Å². The molecule has 1 heterocycles. The van der Waals surface area contributed by atoms with Crippen molar-refractivity contribution in [3.8, 4) is 11.8 Å². The van der Waals surface area contributed by atoms with Crippen LogP contribution in [0.3, 0.4) is 0 Å². The number of likely N-dealkylation sites (tertiary alicyclic amines) is 1. The van der Waals surface area contributed by atoms with Gasteiger partial charge < -0.3 is 15.0 Å². The molecule has 1 aromatic carbocycles. The summed E-state index contributed by atoms with van der Waals surface area (Å²) in [5.41, 5.74) is 1.57. The van der Waals surface area contributed by atoms with E-state index in [0.717, 1.165) is 43.9 Å². The molecule has 1 saturated heterocycles. The molecule has 0 radical (unpaired) electrons. The van der Waals surface area contributed by atoms with Crippen LogP contribution in [0.2, 0.25) is 0 Å². The van der Waals surface area contributed by atoms with Gasteiger partial charge in [-0.15, -0.1) is 0 Å². The molecule has 4 heteroatoms. The van der Waals surface area contributed by atoms with Crippen molar-refractivity contribution in [2.24, 2.45) is 0 Å². The fourth-order valence-electron chi connectivity index (χ4n) is 2.48. The molecule has 1 aliphatic rings. The van der Waals surface area contributed by atoms with Gasteiger partial charge in [0.15, 0.2) is 0 Å². The van der Waals surface area contributed by atoms with Gasteiger partial charge in [0.05, 0.1) is 18.4 Å². The number of nitrogens with zero attached hydrogens (tertiary/aromatic N) is 2. The van der Waals surface area contributed by atoms with Crippen molar-refractivity contribution in [1.82, 2.24) is 4.90 Å². The minimum Gasteiger partial charge on any atom is -0.497 e. The molecule has 1 fully saturated rings. The average Bonchev–Trinajstić information content (AvgIpc) is 2.48. The molecule has 1 N–H and O–H groups in total. The van der Waals surface area contributed by atoms with Crippen LogP contribution in [0.1, 0.15) is 25.3 Å². The predicted molar refractivity (Wildman–Crippen MR) is 76.5 cm³/mol. The minimum absolute atomic E-state index is 0.446. The Labute approximate surface area is 115 Å². The highest BCUT2D eigenvalue weighted by Crippen LogP contribution is 2.24. The Morgan fingerprint density at radius 1 is 1.42 bits per heavy atom. The quantitative estimate of drug-likeness (QED) is 0.902. The molecular formula is C15H21N3O. The molecule has 0 unspecified atom stereocenters. The lowest BCUT2D eigenvalue weighted by atomic mass is 10.0. The maximum atomic E-state index is 9.15. The fraction of sp³-hybridized carbons (Fsp3) is 0.533. The summed E-state index contributed by atoms with van der Waals surface area (Å²) in [4.78, 5) is 2.45. The minimum atomic E-state index is 0.446. The molecule has 19 heavy (non-hydrogen) atoms. The molecule has 1 aromatic rings. The number of nitrogens with one attached hydrogen (secondary N) is 1. The first-order valence-corrected chi connectivity index (χ1v) is 6.83. The number of piperidine rings is 1. The molecule has 0 aliphatic carbocycles. The van der Waals surface area contributed by atoms with Crippen LogP contribution in [0, 0.1) is 11.3 Å². The second-order valence-electron chi connectivity index (χ2n) is 4.88. The zero-order chi connectivity index (χ0) is 13.7. The monoisotopic (exact) mass is 259 g/mol. The van der Waals surface area contributed by atoms with Crippen molar-refractivity contribution >= 4 is 5.69 Å². The standard InChI is InChI=1S/C15H21N3O/c1-3-18-8-6-13(7-9-18)17-15-10-14(19-2)5-4-12(15)11-16/h4-5,10,13,17H,3,6-9H2,1-2H3. The van der Waals surface area contributed by atoms with Crippen LogP contribution in [0.5, 0.6) is 5.75 Å². The Hall–Kier alpha value is -1.73. The lowest BCUT2D eigenvalue weighted by Gasteiger charge is -2.32. The van der Waals surface area contributed by atoms with Gasteiger partial charge in [-0.05, 0) is 31.5 Å². The number of benzene rings is 1. The van der Waals surface area contributed by atoms with Crippen LogP contribution >= 0.6 is 0 Å². The van der Waals surface area contributed by atoms with Gasteiger partial charge in [-0.2, -0.15) is 5.26 Å². The SMILES string of the molecule is CCN1CCC(Nc2cc(OC)ccc2C#N)CC1. The number of methoxy groups -OCH3 is 1. The summed E-state index contributed by atoms with van der Waals surface area (Å²) in [6.45, 7) is 5.57. The van der Waals surface area contributed by atoms with Crippen LogP contribution in [0.4, 0.5) is 5.69 Å². The van der Waals surface area contributed by atoms with E-state index in [0.29, 0.717) is 11.6 Å². The van der Waals surface area contributed by atoms with Crippen molar-refractivity contribution in [1.29, 1.82) is 5.26 Å². The molecular weight excluding hydrogens is 238 g/mol. The molecule has 0 aromatic heterocycles. The third kappa shape index (κ3) is 3.39. The number of hydrogen-bond acceptors (Lipinski definition) is 4. The highest BCUT2D eigenvalue weighted by Gasteiger charge is 2.18. The number of rotatable bonds is 4. The zero-order valence-electron chi connectivity index (χ0n) is 11.6. The van der Waals surface area contributed by atoms with Crippen molar-refractivity contribution in [2.75, 3.05) is 32.1 Å². The highest BCUT2D eigenvalue weighted by atomic mass is 16.5. The molecule has 1 aliphatic heterocycles. The zero-order valence-corrected chi connectivity index (χ0v) is 11.6. The Morgan fingerprint density at radius 2 is 2.16 bits per heavy atom. The molecule has 102 valence electrons. The predicted octanol–water partition coefficient (Wildman–Crippen LogP) is 2.46. The first kappa shape index (κ1) is 13.7. The van der Waals surface area contributed by atoms with E-state index < -0.39 is 0 Å². The van der Waals surface area contributed by atoms with E-state index in [9.17, 15) is 0 Å². The average molecular weight is 259 g/mol. The van der Waals surface area contributed by atoms with Crippen LogP contribution in [0.25, 0.3) is 0 Å². The smallest absolute Gasteiger partial charge is 0.121 e. The largest absolute Gasteiger partial charge is 0.497 e. The van der Waals surface area contributed by atoms with Crippen LogP contribution in [-0.2, 0) is 0 Å². The summed E-state index contributed by atoms with van der Waals surface area (Å²) < 4.78 is 5.22. The van der Waals surface area contributed by atoms with Gasteiger partial charge in [0, 0.05) is 25.2 Å². The van der Waals surface area contributed by atoms with Gasteiger partial charge in [0.2, 0.25) is 0 Å². The van der Waals surface area contributed by atoms with E-state index in [1.54, 1.807) is 7.11 Å². The Morgan fingerprint density at radius 3 is 2.74 bits per heavy atom. The number of hydrogen-bond donors (Lipinski definition) is 1. The molecule has 0 saturated carbocycles. The van der Waals surface area contributed by atoms with E-state index >= 15 is 0 Å². The Kier molecular flexibility index (Phi) is 4.64. The van der Waals surface area contributed by atoms with Crippen LogP contribution in [0.15, 0.2) is 18.2 Å². The van der Waals surface area contributed by atoms with Gasteiger partial charge >= 0.3 is 0 Å². The second kappa shape index (κ2) is 6.44. The normalized spacial score (nSPS) is 16.9. The second-order valence-corrected chi connectivity index (χ2v) is 4.88. The number of anilines is 1. The summed E-state index contributed by atoms with van der Waals surface area (Å²) in [6, 6.07) is 8.21. The fourth-order valence-corrected chi connectivity index (χ4v) is 2.48. The summed E-state index contributed by atoms with van der Waals surface area (Å²) in [7, 11) is 1.64. The van der Waals surface area contributed by atoms with Crippen molar-refractivity contribution < 1.29 is 4.74 Å². The van der Waals surface area contributed by atoms with E-state index in [4.69, 9.17) is 10.00 Å². The van der Waals surface area contributed by atoms with E-state index in [-0.39, 0.29) is 0 Å². The lowest BCUT2D eigenvalue weighted by Crippen LogP contribution is -2.38. The van der Waals surface area contributed by atoms with E-state index in [2.05, 4.69) is 23.2 Å². The first-order valence-electron chi connectivity index (χ1n) is 6.83. The van der Waals surface area contributed by atoms with Crippen LogP contribution < -0.4 is 10.1 Å². The molecule has 0 amide bonds. The molecule has 0 spiro atoms. The summed E-state index contributed by atoms with van der Waals surface area (Å²) in [5.74, 6) is 0.785. The lowest BCUT2D eigenvalue weighted by molar-refractivity contribution is 0.229. The maximum absolute atomic E-state index is 9.15. The third-order valence-corrected chi connectivity index (χ3v) is 3.74. The van der Waals surface area contributed by atoms with Gasteiger partial charge in [-0.3, -0.25) is 0 Å². The Bertz CT molecular complexity index is 459. The maximum Gasteiger partial charge on any atom is 0.121 e. The van der Waals surface area contributed by atoms with Crippen molar-refractivity contribution in [3.05, 3.63) is 23.8 Å². The summed E-state index contributed by atoms with van der Waals surface area (Å²) in [5, 5.41) is 12.6. The third-order valence-electron chi connectivity index (χ3n) is 3.74. The van der Waals surface area contributed by atoms with Gasteiger partial charge in [-0.25, -0.2) is 0 Å². The number of nitriles is 1. The summed E-state index contributed by atoms with van der Waals surface area (Å²) >= 11 is 0. The van der Waals surface area contributed by atoms with E-state index in [1.165, 1.54) is 0 Å². The highest BCUT2D eigenvalue weighted by molar-refractivity contribution is 5.60. The van der Waals surface area contributed by atoms with E-state index in [1.807, 2.05) is 18.2 Å². The summed E-state index contributed by atoms with van der Waals surface area (Å²) in [6.07, 6.45) is 2.24. The molecule has 2 rings (SSSR count). The molecule has 0 bridgehead atoms. The molecule has 4 nitrogen and oxygen atoms in total. The van der Waals surface area contributed by atoms with Gasteiger partial charge in [0.1, 0.15) is 11.8 Å².